The third kappa shape index (κ3) is 5.07. The summed E-state index contributed by atoms with van der Waals surface area (Å²) >= 11 is 0. The molecule has 3 aromatic rings. The number of nitrogens with zero attached hydrogens (tertiary/aromatic N) is 2. The number of rotatable bonds is 7. The Labute approximate surface area is 165 Å². The number of hydrogen-bond donors (Lipinski definition) is 2. The molecule has 6 nitrogen and oxygen atoms in total. The van der Waals surface area contributed by atoms with E-state index in [1.54, 1.807) is 13.3 Å². The molecule has 0 fully saturated rings. The van der Waals surface area contributed by atoms with E-state index >= 15 is 0 Å². The quantitative estimate of drug-likeness (QED) is 0.652. The van der Waals surface area contributed by atoms with Crippen molar-refractivity contribution >= 4 is 17.4 Å². The van der Waals surface area contributed by atoms with Gasteiger partial charge in [0.25, 0.3) is 5.91 Å². The predicted octanol–water partition coefficient (Wildman–Crippen LogP) is 4.01. The molecule has 2 aromatic carbocycles. The highest BCUT2D eigenvalue weighted by Gasteiger charge is 2.10. The van der Waals surface area contributed by atoms with Crippen LogP contribution >= 0.6 is 0 Å². The SMILES string of the molecule is COc1ccc(CCNc2cnc(C(=O)Nc3ccc(C)cc3C)cn2)cc1. The second kappa shape index (κ2) is 8.99. The molecule has 3 rings (SSSR count). The van der Waals surface area contributed by atoms with Gasteiger partial charge < -0.3 is 15.4 Å². The van der Waals surface area contributed by atoms with E-state index in [-0.39, 0.29) is 11.6 Å². The molecule has 1 amide bonds. The Hall–Kier alpha value is -3.41. The lowest BCUT2D eigenvalue weighted by molar-refractivity contribution is 0.102. The summed E-state index contributed by atoms with van der Waals surface area (Å²) in [5, 5.41) is 6.09. The van der Waals surface area contributed by atoms with Gasteiger partial charge in [-0.2, -0.15) is 0 Å². The summed E-state index contributed by atoms with van der Waals surface area (Å²) in [5.41, 5.74) is 4.42. The van der Waals surface area contributed by atoms with Gasteiger partial charge in [-0.25, -0.2) is 9.97 Å². The van der Waals surface area contributed by atoms with E-state index < -0.39 is 0 Å². The Morgan fingerprint density at radius 1 is 1.04 bits per heavy atom. The van der Waals surface area contributed by atoms with Gasteiger partial charge in [0.1, 0.15) is 17.3 Å². The molecule has 1 aromatic heterocycles. The van der Waals surface area contributed by atoms with Crippen molar-refractivity contribution in [2.24, 2.45) is 0 Å². The zero-order valence-corrected chi connectivity index (χ0v) is 16.3. The highest BCUT2D eigenvalue weighted by Crippen LogP contribution is 2.17. The highest BCUT2D eigenvalue weighted by molar-refractivity contribution is 6.03. The summed E-state index contributed by atoms with van der Waals surface area (Å²) in [4.78, 5) is 20.9. The van der Waals surface area contributed by atoms with E-state index in [1.807, 2.05) is 56.3 Å². The Kier molecular flexibility index (Phi) is 6.22. The van der Waals surface area contributed by atoms with Crippen molar-refractivity contribution in [3.05, 3.63) is 77.2 Å². The van der Waals surface area contributed by atoms with Crippen LogP contribution in [0.1, 0.15) is 27.2 Å². The van der Waals surface area contributed by atoms with Gasteiger partial charge in [0.2, 0.25) is 0 Å². The minimum atomic E-state index is -0.274. The fourth-order valence-corrected chi connectivity index (χ4v) is 2.80. The van der Waals surface area contributed by atoms with E-state index in [1.165, 1.54) is 11.8 Å². The highest BCUT2D eigenvalue weighted by atomic mass is 16.5. The molecule has 0 aliphatic carbocycles. The molecule has 144 valence electrons. The first-order valence-electron chi connectivity index (χ1n) is 9.12. The zero-order valence-electron chi connectivity index (χ0n) is 16.3. The second-order valence-electron chi connectivity index (χ2n) is 6.58. The summed E-state index contributed by atoms with van der Waals surface area (Å²) < 4.78 is 5.16. The number of nitrogens with one attached hydrogen (secondary N) is 2. The number of carbonyl (C=O) groups excluding carboxylic acids is 1. The maximum atomic E-state index is 12.4. The van der Waals surface area contributed by atoms with Gasteiger partial charge in [-0.05, 0) is 49.6 Å². The molecule has 0 aliphatic rings. The van der Waals surface area contributed by atoms with Crippen LogP contribution in [0.3, 0.4) is 0 Å². The monoisotopic (exact) mass is 376 g/mol. The molecule has 1 heterocycles. The first-order valence-corrected chi connectivity index (χ1v) is 9.12. The fraction of sp³-hybridized carbons (Fsp3) is 0.227. The van der Waals surface area contributed by atoms with Crippen molar-refractivity contribution in [3.8, 4) is 5.75 Å². The Balaban J connectivity index is 1.53. The molecule has 2 N–H and O–H groups in total. The van der Waals surface area contributed by atoms with Gasteiger partial charge in [0.05, 0.1) is 19.5 Å². The van der Waals surface area contributed by atoms with Gasteiger partial charge >= 0.3 is 0 Å². The number of methoxy groups -OCH3 is 1. The Morgan fingerprint density at radius 2 is 1.82 bits per heavy atom. The maximum Gasteiger partial charge on any atom is 0.275 e. The van der Waals surface area contributed by atoms with Crippen molar-refractivity contribution in [1.29, 1.82) is 0 Å². The first-order chi connectivity index (χ1) is 13.5. The molecule has 6 heteroatoms. The van der Waals surface area contributed by atoms with Gasteiger partial charge in [0, 0.05) is 12.2 Å². The first kappa shape index (κ1) is 19.4. The largest absolute Gasteiger partial charge is 0.497 e. The third-order valence-electron chi connectivity index (χ3n) is 4.39. The number of anilines is 2. The summed E-state index contributed by atoms with van der Waals surface area (Å²) in [6.07, 6.45) is 3.90. The standard InChI is InChI=1S/C22H24N4O2/c1-15-4-9-19(16(2)12-15)26-22(27)20-13-25-21(14-24-20)23-11-10-17-5-7-18(28-3)8-6-17/h4-9,12-14H,10-11H2,1-3H3,(H,23,25)(H,26,27). The van der Waals surface area contributed by atoms with Gasteiger partial charge in [-0.15, -0.1) is 0 Å². The van der Waals surface area contributed by atoms with Crippen LogP contribution in [0, 0.1) is 13.8 Å². The predicted molar refractivity (Wildman–Crippen MR) is 111 cm³/mol. The van der Waals surface area contributed by atoms with Crippen molar-refractivity contribution in [2.75, 3.05) is 24.3 Å². The summed E-state index contributed by atoms with van der Waals surface area (Å²) in [6, 6.07) is 13.8. The van der Waals surface area contributed by atoms with Gasteiger partial charge in [-0.1, -0.05) is 29.8 Å². The normalized spacial score (nSPS) is 10.4. The third-order valence-corrected chi connectivity index (χ3v) is 4.39. The van der Waals surface area contributed by atoms with Gasteiger partial charge in [-0.3, -0.25) is 4.79 Å². The molecular formula is C22H24N4O2. The van der Waals surface area contributed by atoms with Crippen molar-refractivity contribution < 1.29 is 9.53 Å². The van der Waals surface area contributed by atoms with Crippen LogP contribution in [-0.2, 0) is 6.42 Å². The molecule has 0 saturated carbocycles. The molecule has 0 radical (unpaired) electrons. The molecule has 0 aliphatic heterocycles. The van der Waals surface area contributed by atoms with E-state index in [0.717, 1.165) is 35.5 Å². The van der Waals surface area contributed by atoms with Crippen LogP contribution < -0.4 is 15.4 Å². The van der Waals surface area contributed by atoms with Crippen molar-refractivity contribution in [3.63, 3.8) is 0 Å². The summed E-state index contributed by atoms with van der Waals surface area (Å²) in [6.45, 7) is 4.70. The Morgan fingerprint density at radius 3 is 2.46 bits per heavy atom. The lowest BCUT2D eigenvalue weighted by atomic mass is 10.1. The number of aromatic nitrogens is 2. The average Bonchev–Trinajstić information content (AvgIpc) is 2.71. The molecule has 0 unspecified atom stereocenters. The minimum Gasteiger partial charge on any atom is -0.497 e. The number of benzene rings is 2. The van der Waals surface area contributed by atoms with Crippen LogP contribution in [0.5, 0.6) is 5.75 Å². The number of amides is 1. The number of hydrogen-bond acceptors (Lipinski definition) is 5. The topological polar surface area (TPSA) is 76.1 Å². The lowest BCUT2D eigenvalue weighted by Gasteiger charge is -2.09. The Bertz CT molecular complexity index is 938. The van der Waals surface area contributed by atoms with Crippen LogP contribution in [-0.4, -0.2) is 29.5 Å². The maximum absolute atomic E-state index is 12.4. The van der Waals surface area contributed by atoms with E-state index in [4.69, 9.17) is 4.74 Å². The molecule has 28 heavy (non-hydrogen) atoms. The van der Waals surface area contributed by atoms with Crippen LogP contribution in [0.15, 0.2) is 54.9 Å². The molecule has 0 bridgehead atoms. The van der Waals surface area contributed by atoms with Gasteiger partial charge in [0.15, 0.2) is 0 Å². The number of ether oxygens (including phenoxy) is 1. The molecular weight excluding hydrogens is 352 g/mol. The van der Waals surface area contributed by atoms with Crippen molar-refractivity contribution in [2.45, 2.75) is 20.3 Å². The molecule has 0 atom stereocenters. The minimum absolute atomic E-state index is 0.274. The summed E-state index contributed by atoms with van der Waals surface area (Å²) in [7, 11) is 1.65. The summed E-state index contributed by atoms with van der Waals surface area (Å²) in [5.74, 6) is 1.21. The molecule has 0 saturated heterocycles. The zero-order chi connectivity index (χ0) is 19.9. The second-order valence-corrected chi connectivity index (χ2v) is 6.58. The van der Waals surface area contributed by atoms with Crippen LogP contribution in [0.25, 0.3) is 0 Å². The number of carbonyl (C=O) groups is 1. The van der Waals surface area contributed by atoms with E-state index in [2.05, 4.69) is 20.6 Å². The van der Waals surface area contributed by atoms with E-state index in [9.17, 15) is 4.79 Å². The average molecular weight is 376 g/mol. The fourth-order valence-electron chi connectivity index (χ4n) is 2.80. The van der Waals surface area contributed by atoms with E-state index in [0.29, 0.717) is 5.82 Å². The number of aryl methyl sites for hydroxylation is 2. The van der Waals surface area contributed by atoms with Crippen LogP contribution in [0.4, 0.5) is 11.5 Å². The smallest absolute Gasteiger partial charge is 0.275 e. The van der Waals surface area contributed by atoms with Crippen LogP contribution in [0.2, 0.25) is 0 Å². The lowest BCUT2D eigenvalue weighted by Crippen LogP contribution is -2.15. The van der Waals surface area contributed by atoms with Crippen molar-refractivity contribution in [1.82, 2.24) is 9.97 Å². The molecule has 0 spiro atoms.